The van der Waals surface area contributed by atoms with Crippen molar-refractivity contribution in [2.45, 2.75) is 25.1 Å². The first-order valence-corrected chi connectivity index (χ1v) is 7.84. The predicted molar refractivity (Wildman–Crippen MR) is 84.9 cm³/mol. The maximum atomic E-state index is 12.7. The van der Waals surface area contributed by atoms with Gasteiger partial charge in [-0.3, -0.25) is 4.98 Å². The lowest BCUT2D eigenvalue weighted by atomic mass is 10.0. The number of alkyl halides is 3. The average molecular weight is 358 g/mol. The number of piperidine rings is 1. The van der Waals surface area contributed by atoms with Crippen molar-refractivity contribution in [2.75, 3.05) is 18.0 Å². The standard InChI is InChI=1S/C16H15ClF3N3O/c17-15-6-13(23-5-1-2-11(24)9-23)12(8-22-15)10-3-4-14(21-7-10)16(18,19)20/h3-4,6-8,11,24H,1-2,5,9H2/t11-/m0/s1. The van der Waals surface area contributed by atoms with Gasteiger partial charge in [0.05, 0.1) is 6.10 Å². The fourth-order valence-electron chi connectivity index (χ4n) is 2.80. The highest BCUT2D eigenvalue weighted by Crippen LogP contribution is 2.35. The summed E-state index contributed by atoms with van der Waals surface area (Å²) in [6.07, 6.45) is -0.667. The molecule has 0 spiro atoms. The van der Waals surface area contributed by atoms with E-state index in [2.05, 4.69) is 9.97 Å². The Morgan fingerprint density at radius 1 is 1.21 bits per heavy atom. The number of aliphatic hydroxyl groups is 1. The summed E-state index contributed by atoms with van der Waals surface area (Å²) in [7, 11) is 0. The van der Waals surface area contributed by atoms with Gasteiger partial charge in [-0.25, -0.2) is 4.98 Å². The Bertz CT molecular complexity index is 721. The molecule has 0 aromatic carbocycles. The highest BCUT2D eigenvalue weighted by molar-refractivity contribution is 6.29. The SMILES string of the molecule is O[C@H]1CCCN(c2cc(Cl)ncc2-c2ccc(C(F)(F)F)nc2)C1. The van der Waals surface area contributed by atoms with Crippen molar-refractivity contribution < 1.29 is 18.3 Å². The van der Waals surface area contributed by atoms with Crippen molar-refractivity contribution in [1.82, 2.24) is 9.97 Å². The van der Waals surface area contributed by atoms with Crippen LogP contribution in [0.4, 0.5) is 18.9 Å². The van der Waals surface area contributed by atoms with E-state index in [9.17, 15) is 18.3 Å². The van der Waals surface area contributed by atoms with Crippen molar-refractivity contribution in [3.63, 3.8) is 0 Å². The Hall–Kier alpha value is -1.86. The summed E-state index contributed by atoms with van der Waals surface area (Å²) in [5.41, 5.74) is 0.940. The van der Waals surface area contributed by atoms with Crippen molar-refractivity contribution >= 4 is 17.3 Å². The van der Waals surface area contributed by atoms with Crippen LogP contribution in [-0.4, -0.2) is 34.3 Å². The molecule has 1 atom stereocenters. The maximum absolute atomic E-state index is 12.7. The maximum Gasteiger partial charge on any atom is 0.433 e. The van der Waals surface area contributed by atoms with Gasteiger partial charge in [-0.1, -0.05) is 17.7 Å². The van der Waals surface area contributed by atoms with Crippen molar-refractivity contribution in [1.29, 1.82) is 0 Å². The molecule has 1 fully saturated rings. The van der Waals surface area contributed by atoms with Crippen LogP contribution in [0.15, 0.2) is 30.6 Å². The highest BCUT2D eigenvalue weighted by atomic mass is 35.5. The van der Waals surface area contributed by atoms with E-state index < -0.39 is 18.0 Å². The molecule has 1 saturated heterocycles. The van der Waals surface area contributed by atoms with Gasteiger partial charge in [0.1, 0.15) is 10.8 Å². The molecule has 3 rings (SSSR count). The second kappa shape index (κ2) is 6.57. The monoisotopic (exact) mass is 357 g/mol. The van der Waals surface area contributed by atoms with Gasteiger partial charge in [-0.2, -0.15) is 13.2 Å². The number of rotatable bonds is 2. The summed E-state index contributed by atoms with van der Waals surface area (Å²) in [6.45, 7) is 1.18. The number of aliphatic hydroxyl groups excluding tert-OH is 1. The number of pyridine rings is 2. The normalized spacial score (nSPS) is 18.7. The molecule has 4 nitrogen and oxygen atoms in total. The Kier molecular flexibility index (Phi) is 4.64. The first-order chi connectivity index (χ1) is 11.3. The summed E-state index contributed by atoms with van der Waals surface area (Å²) in [6, 6.07) is 3.97. The van der Waals surface area contributed by atoms with E-state index in [1.165, 1.54) is 18.5 Å². The number of hydrogen-bond acceptors (Lipinski definition) is 4. The van der Waals surface area contributed by atoms with Crippen LogP contribution in [0.5, 0.6) is 0 Å². The minimum absolute atomic E-state index is 0.286. The Labute approximate surface area is 141 Å². The Morgan fingerprint density at radius 2 is 2.00 bits per heavy atom. The van der Waals surface area contributed by atoms with E-state index in [0.717, 1.165) is 31.1 Å². The number of nitrogens with zero attached hydrogens (tertiary/aromatic N) is 3. The zero-order valence-electron chi connectivity index (χ0n) is 12.6. The van der Waals surface area contributed by atoms with E-state index in [1.807, 2.05) is 4.90 Å². The second-order valence-electron chi connectivity index (χ2n) is 5.70. The largest absolute Gasteiger partial charge is 0.433 e. The number of hydrogen-bond donors (Lipinski definition) is 1. The van der Waals surface area contributed by atoms with E-state index in [-0.39, 0.29) is 5.15 Å². The fourth-order valence-corrected chi connectivity index (χ4v) is 2.95. The van der Waals surface area contributed by atoms with Gasteiger partial charge in [0.2, 0.25) is 0 Å². The zero-order valence-corrected chi connectivity index (χ0v) is 13.3. The molecule has 3 heterocycles. The van der Waals surface area contributed by atoms with E-state index in [1.54, 1.807) is 6.07 Å². The predicted octanol–water partition coefficient (Wildman–Crippen LogP) is 3.78. The molecule has 0 aliphatic carbocycles. The van der Waals surface area contributed by atoms with Crippen molar-refractivity contribution in [3.05, 3.63) is 41.4 Å². The van der Waals surface area contributed by atoms with Gasteiger partial charge in [-0.05, 0) is 25.0 Å². The Morgan fingerprint density at radius 3 is 2.62 bits per heavy atom. The van der Waals surface area contributed by atoms with Gasteiger partial charge in [0, 0.05) is 42.3 Å². The molecule has 8 heteroatoms. The third kappa shape index (κ3) is 3.62. The number of halogens is 4. The minimum Gasteiger partial charge on any atom is -0.391 e. The van der Waals surface area contributed by atoms with Crippen LogP contribution in [0.3, 0.4) is 0 Å². The molecule has 0 bridgehead atoms. The van der Waals surface area contributed by atoms with Gasteiger partial charge >= 0.3 is 6.18 Å². The van der Waals surface area contributed by atoms with E-state index >= 15 is 0 Å². The molecule has 1 aliphatic rings. The van der Waals surface area contributed by atoms with Gasteiger partial charge in [0.15, 0.2) is 0 Å². The molecule has 0 unspecified atom stereocenters. The molecule has 24 heavy (non-hydrogen) atoms. The molecule has 0 saturated carbocycles. The van der Waals surface area contributed by atoms with Crippen LogP contribution < -0.4 is 4.90 Å². The molecular formula is C16H15ClF3N3O. The summed E-state index contributed by atoms with van der Waals surface area (Å²) in [4.78, 5) is 9.49. The lowest BCUT2D eigenvalue weighted by molar-refractivity contribution is -0.141. The number of anilines is 1. The van der Waals surface area contributed by atoms with E-state index in [0.29, 0.717) is 17.7 Å². The minimum atomic E-state index is -4.48. The topological polar surface area (TPSA) is 49.2 Å². The fraction of sp³-hybridized carbons (Fsp3) is 0.375. The number of β-amino-alcohol motifs (C(OH)–C–C–N with tert-alkyl or cyclic N) is 1. The van der Waals surface area contributed by atoms with Crippen molar-refractivity contribution in [3.8, 4) is 11.1 Å². The van der Waals surface area contributed by atoms with Crippen LogP contribution >= 0.6 is 11.6 Å². The Balaban J connectivity index is 1.98. The zero-order chi connectivity index (χ0) is 17.3. The average Bonchev–Trinajstić information content (AvgIpc) is 2.54. The van der Waals surface area contributed by atoms with Gasteiger partial charge < -0.3 is 10.0 Å². The summed E-state index contributed by atoms with van der Waals surface area (Å²) >= 11 is 5.98. The summed E-state index contributed by atoms with van der Waals surface area (Å²) in [5.74, 6) is 0. The van der Waals surface area contributed by atoms with Gasteiger partial charge in [0.25, 0.3) is 0 Å². The lowest BCUT2D eigenvalue weighted by Crippen LogP contribution is -2.38. The summed E-state index contributed by atoms with van der Waals surface area (Å²) < 4.78 is 38.0. The molecule has 1 N–H and O–H groups in total. The highest BCUT2D eigenvalue weighted by Gasteiger charge is 2.32. The third-order valence-electron chi connectivity index (χ3n) is 3.95. The van der Waals surface area contributed by atoms with Crippen LogP contribution in [-0.2, 0) is 6.18 Å². The smallest absolute Gasteiger partial charge is 0.391 e. The molecule has 2 aromatic heterocycles. The van der Waals surface area contributed by atoms with E-state index in [4.69, 9.17) is 11.6 Å². The first-order valence-electron chi connectivity index (χ1n) is 7.47. The van der Waals surface area contributed by atoms with Crippen LogP contribution in [0.2, 0.25) is 5.15 Å². The lowest BCUT2D eigenvalue weighted by Gasteiger charge is -2.33. The van der Waals surface area contributed by atoms with Crippen LogP contribution in [0.25, 0.3) is 11.1 Å². The summed E-state index contributed by atoms with van der Waals surface area (Å²) in [5, 5.41) is 10.2. The quantitative estimate of drug-likeness (QED) is 0.831. The molecule has 2 aromatic rings. The molecule has 1 aliphatic heterocycles. The van der Waals surface area contributed by atoms with Crippen LogP contribution in [0.1, 0.15) is 18.5 Å². The first kappa shape index (κ1) is 17.0. The van der Waals surface area contributed by atoms with Crippen molar-refractivity contribution in [2.24, 2.45) is 0 Å². The second-order valence-corrected chi connectivity index (χ2v) is 6.08. The van der Waals surface area contributed by atoms with Crippen LogP contribution in [0, 0.1) is 0 Å². The molecule has 0 radical (unpaired) electrons. The molecule has 0 amide bonds. The third-order valence-corrected chi connectivity index (χ3v) is 4.16. The molecule has 128 valence electrons. The molecular weight excluding hydrogens is 343 g/mol. The van der Waals surface area contributed by atoms with Gasteiger partial charge in [-0.15, -0.1) is 0 Å². The number of aromatic nitrogens is 2.